The maximum Gasteiger partial charge on any atom is 0.0459 e. The first-order valence-corrected chi connectivity index (χ1v) is 15.5. The Hall–Kier alpha value is -0.160. The van der Waals surface area contributed by atoms with Gasteiger partial charge >= 0.3 is 0 Å². The Bertz CT molecular complexity index is 350. The molecule has 36 heavy (non-hydrogen) atoms. The first-order valence-electron chi connectivity index (χ1n) is 15.5. The average Bonchev–Trinajstić information content (AvgIpc) is 2.83. The second-order valence-corrected chi connectivity index (χ2v) is 11.8. The molecule has 2 atom stereocenters. The molecule has 0 aromatic rings. The van der Waals surface area contributed by atoms with Crippen LogP contribution >= 0.6 is 0 Å². The molecule has 2 unspecified atom stereocenters. The van der Waals surface area contributed by atoms with Crippen molar-refractivity contribution in [2.45, 2.75) is 159 Å². The van der Waals surface area contributed by atoms with Gasteiger partial charge < -0.3 is 20.4 Å². The number of hydrogen-bond donors (Lipinski definition) is 4. The molecule has 0 heterocycles. The van der Waals surface area contributed by atoms with Crippen LogP contribution < -0.4 is 0 Å². The van der Waals surface area contributed by atoms with Crippen LogP contribution in [-0.4, -0.2) is 46.9 Å². The topological polar surface area (TPSA) is 80.9 Å². The van der Waals surface area contributed by atoms with Crippen molar-refractivity contribution in [3.8, 4) is 0 Å². The van der Waals surface area contributed by atoms with Gasteiger partial charge in [-0.3, -0.25) is 0 Å². The molecule has 0 fully saturated rings. The minimum Gasteiger partial charge on any atom is -0.396 e. The Morgan fingerprint density at radius 2 is 1.11 bits per heavy atom. The Labute approximate surface area is 228 Å². The van der Waals surface area contributed by atoms with Crippen LogP contribution in [0.4, 0.5) is 0 Å². The average molecular weight is 521 g/mol. The Morgan fingerprint density at radius 1 is 0.583 bits per heavy atom. The summed E-state index contributed by atoms with van der Waals surface area (Å²) in [6.45, 7) is 21.1. The van der Waals surface area contributed by atoms with Crippen molar-refractivity contribution in [3.05, 3.63) is 0 Å². The van der Waals surface area contributed by atoms with E-state index in [9.17, 15) is 0 Å². The summed E-state index contributed by atoms with van der Waals surface area (Å²) < 4.78 is 0. The summed E-state index contributed by atoms with van der Waals surface area (Å²) in [4.78, 5) is 0. The summed E-state index contributed by atoms with van der Waals surface area (Å²) in [7, 11) is 0. The third kappa shape index (κ3) is 43.9. The molecular weight excluding hydrogens is 448 g/mol. The van der Waals surface area contributed by atoms with Crippen molar-refractivity contribution in [2.24, 2.45) is 23.2 Å². The standard InChI is InChI=1S/2C9H20O.C8H18O.C6H14O/c1-8(2)7-9(3,4)5-6-10;1-3-4-5-6-7-9(2)8-10;1-3-5-6-8(4-2)7-9;1-2-3-4-5-6-7/h8,10H,5-7H2,1-4H3;9-10H,3-8H2,1-2H3;8-9H,3-7H2,1-2H3;7H,2-6H2,1H3. The zero-order valence-electron chi connectivity index (χ0n) is 26.5. The largest absolute Gasteiger partial charge is 0.396 e. The molecule has 4 nitrogen and oxygen atoms in total. The van der Waals surface area contributed by atoms with Gasteiger partial charge in [0.2, 0.25) is 0 Å². The normalized spacial score (nSPS) is 12.5. The van der Waals surface area contributed by atoms with Gasteiger partial charge in [0.1, 0.15) is 0 Å². The van der Waals surface area contributed by atoms with E-state index in [4.69, 9.17) is 20.4 Å². The van der Waals surface area contributed by atoms with Crippen molar-refractivity contribution in [1.29, 1.82) is 0 Å². The fourth-order valence-electron chi connectivity index (χ4n) is 3.98. The van der Waals surface area contributed by atoms with E-state index in [0.29, 0.717) is 43.7 Å². The first kappa shape index (κ1) is 42.9. The second kappa shape index (κ2) is 34.8. The predicted octanol–water partition coefficient (Wildman–Crippen LogP) is 8.78. The fourth-order valence-corrected chi connectivity index (χ4v) is 3.98. The predicted molar refractivity (Wildman–Crippen MR) is 162 cm³/mol. The SMILES string of the molecule is CC(C)CC(C)(C)CCO.CCCCC(CC)CO.CCCCCCC(C)CO.CCCCCCO. The lowest BCUT2D eigenvalue weighted by molar-refractivity contribution is 0.187. The van der Waals surface area contributed by atoms with E-state index >= 15 is 0 Å². The molecule has 0 aliphatic carbocycles. The number of hydrogen-bond acceptors (Lipinski definition) is 4. The van der Waals surface area contributed by atoms with E-state index in [0.717, 1.165) is 25.2 Å². The minimum atomic E-state index is 0.319. The molecule has 0 rings (SSSR count). The molecule has 0 saturated carbocycles. The summed E-state index contributed by atoms with van der Waals surface area (Å²) in [5, 5.41) is 34.5. The molecule has 4 N–H and O–H groups in total. The maximum atomic E-state index is 8.75. The van der Waals surface area contributed by atoms with Crippen molar-refractivity contribution >= 4 is 0 Å². The lowest BCUT2D eigenvalue weighted by Gasteiger charge is -2.25. The van der Waals surface area contributed by atoms with Crippen LogP contribution in [0.5, 0.6) is 0 Å². The van der Waals surface area contributed by atoms with E-state index in [1.807, 2.05) is 0 Å². The lowest BCUT2D eigenvalue weighted by atomic mass is 9.81. The highest BCUT2D eigenvalue weighted by atomic mass is 16.3. The summed E-state index contributed by atoms with van der Waals surface area (Å²) in [6.07, 6.45) is 18.1. The number of rotatable bonds is 19. The second-order valence-electron chi connectivity index (χ2n) is 11.8. The molecule has 0 aromatic carbocycles. The molecule has 0 amide bonds. The number of unbranched alkanes of at least 4 members (excludes halogenated alkanes) is 7. The van der Waals surface area contributed by atoms with Gasteiger partial charge in [-0.2, -0.15) is 0 Å². The van der Waals surface area contributed by atoms with E-state index in [1.54, 1.807) is 0 Å². The zero-order chi connectivity index (χ0) is 28.7. The summed E-state index contributed by atoms with van der Waals surface area (Å²) in [6, 6.07) is 0. The van der Waals surface area contributed by atoms with Crippen molar-refractivity contribution in [1.82, 2.24) is 0 Å². The van der Waals surface area contributed by atoms with Crippen molar-refractivity contribution in [2.75, 3.05) is 26.4 Å². The van der Waals surface area contributed by atoms with E-state index in [-0.39, 0.29) is 0 Å². The highest BCUT2D eigenvalue weighted by molar-refractivity contribution is 4.69. The van der Waals surface area contributed by atoms with Crippen LogP contribution in [0, 0.1) is 23.2 Å². The van der Waals surface area contributed by atoms with Crippen LogP contribution in [-0.2, 0) is 0 Å². The third-order valence-electron chi connectivity index (χ3n) is 6.42. The number of aliphatic hydroxyl groups is 4. The van der Waals surface area contributed by atoms with E-state index in [2.05, 4.69) is 62.3 Å². The lowest BCUT2D eigenvalue weighted by Crippen LogP contribution is -2.15. The molecule has 0 aromatic heterocycles. The monoisotopic (exact) mass is 521 g/mol. The smallest absolute Gasteiger partial charge is 0.0459 e. The van der Waals surface area contributed by atoms with Crippen LogP contribution in [0.25, 0.3) is 0 Å². The summed E-state index contributed by atoms with van der Waals surface area (Å²) in [5.74, 6) is 1.81. The van der Waals surface area contributed by atoms with Crippen LogP contribution in [0.1, 0.15) is 159 Å². The summed E-state index contributed by atoms with van der Waals surface area (Å²) >= 11 is 0. The molecule has 0 aliphatic heterocycles. The molecule has 0 spiro atoms. The van der Waals surface area contributed by atoms with Crippen molar-refractivity contribution in [3.63, 3.8) is 0 Å². The highest BCUT2D eigenvalue weighted by Crippen LogP contribution is 2.28. The summed E-state index contributed by atoms with van der Waals surface area (Å²) in [5.41, 5.74) is 0.322. The molecule has 0 aliphatic rings. The van der Waals surface area contributed by atoms with Crippen LogP contribution in [0.15, 0.2) is 0 Å². The van der Waals surface area contributed by atoms with Gasteiger partial charge in [-0.25, -0.2) is 0 Å². The van der Waals surface area contributed by atoms with E-state index in [1.165, 1.54) is 77.0 Å². The molecule has 0 bridgehead atoms. The van der Waals surface area contributed by atoms with Gasteiger partial charge in [0.15, 0.2) is 0 Å². The number of aliphatic hydroxyl groups excluding tert-OH is 4. The molecular formula is C32H72O4. The molecule has 0 radical (unpaired) electrons. The van der Waals surface area contributed by atoms with Crippen LogP contribution in [0.2, 0.25) is 0 Å². The van der Waals surface area contributed by atoms with Gasteiger partial charge in [0.05, 0.1) is 0 Å². The van der Waals surface area contributed by atoms with Gasteiger partial charge in [0, 0.05) is 26.4 Å². The Balaban J connectivity index is -0.000000191. The quantitative estimate of drug-likeness (QED) is 0.128. The van der Waals surface area contributed by atoms with Gasteiger partial charge in [-0.1, -0.05) is 127 Å². The van der Waals surface area contributed by atoms with E-state index < -0.39 is 0 Å². The molecule has 224 valence electrons. The van der Waals surface area contributed by atoms with Gasteiger partial charge in [0.25, 0.3) is 0 Å². The minimum absolute atomic E-state index is 0.319. The molecule has 0 saturated heterocycles. The first-order chi connectivity index (χ1) is 17.0. The fraction of sp³-hybridized carbons (Fsp3) is 1.00. The molecule has 4 heteroatoms. The highest BCUT2D eigenvalue weighted by Gasteiger charge is 2.17. The third-order valence-corrected chi connectivity index (χ3v) is 6.42. The Morgan fingerprint density at radius 3 is 1.47 bits per heavy atom. The van der Waals surface area contributed by atoms with Crippen LogP contribution in [0.3, 0.4) is 0 Å². The van der Waals surface area contributed by atoms with Gasteiger partial charge in [-0.05, 0) is 55.3 Å². The van der Waals surface area contributed by atoms with Gasteiger partial charge in [-0.15, -0.1) is 0 Å². The van der Waals surface area contributed by atoms with Crippen molar-refractivity contribution < 1.29 is 20.4 Å². The maximum absolute atomic E-state index is 8.75. The Kier molecular flexibility index (Phi) is 41.5. The zero-order valence-corrected chi connectivity index (χ0v) is 26.5.